The predicted octanol–water partition coefficient (Wildman–Crippen LogP) is 5.25. The second kappa shape index (κ2) is 7.44. The molecule has 3 rings (SSSR count). The van der Waals surface area contributed by atoms with Crippen LogP contribution in [0.3, 0.4) is 0 Å². The van der Waals surface area contributed by atoms with E-state index in [0.29, 0.717) is 0 Å². The number of rotatable bonds is 4. The average Bonchev–Trinajstić information content (AvgIpc) is 3.10. The lowest BCUT2D eigenvalue weighted by Crippen LogP contribution is -2.33. The van der Waals surface area contributed by atoms with Crippen molar-refractivity contribution < 1.29 is 13.6 Å². The Labute approximate surface area is 148 Å². The number of anilines is 1. The van der Waals surface area contributed by atoms with E-state index in [4.69, 9.17) is 0 Å². The number of hydrogen-bond acceptors (Lipinski definition) is 2. The number of nitrogens with one attached hydrogen (secondary N) is 2. The second-order valence-corrected chi connectivity index (χ2v) is 6.56. The van der Waals surface area contributed by atoms with Crippen LogP contribution in [-0.4, -0.2) is 6.03 Å². The number of halogens is 2. The Balaban J connectivity index is 1.80. The molecule has 0 fully saturated rings. The number of carbonyl (C=O) groups is 1. The number of amides is 2. The molecule has 0 spiro atoms. The zero-order chi connectivity index (χ0) is 17.8. The van der Waals surface area contributed by atoms with Crippen LogP contribution in [-0.2, 0) is 0 Å². The highest BCUT2D eigenvalue weighted by Crippen LogP contribution is 2.26. The minimum absolute atomic E-state index is 0.0762. The molecule has 1 atom stereocenters. The van der Waals surface area contributed by atoms with Gasteiger partial charge >= 0.3 is 6.03 Å². The molecule has 3 aromatic rings. The summed E-state index contributed by atoms with van der Waals surface area (Å²) in [6.07, 6.45) is 0. The van der Waals surface area contributed by atoms with Crippen molar-refractivity contribution in [2.24, 2.45) is 0 Å². The van der Waals surface area contributed by atoms with Crippen LogP contribution in [0.1, 0.15) is 22.0 Å². The minimum Gasteiger partial charge on any atom is -0.326 e. The van der Waals surface area contributed by atoms with Gasteiger partial charge in [0.25, 0.3) is 0 Å². The van der Waals surface area contributed by atoms with Crippen molar-refractivity contribution in [2.75, 3.05) is 5.32 Å². The number of carbonyl (C=O) groups excluding carboxylic acids is 1. The highest BCUT2D eigenvalue weighted by Gasteiger charge is 2.18. The van der Waals surface area contributed by atoms with Crippen LogP contribution < -0.4 is 10.6 Å². The molecule has 25 heavy (non-hydrogen) atoms. The van der Waals surface area contributed by atoms with Crippen molar-refractivity contribution in [3.63, 3.8) is 0 Å². The lowest BCUT2D eigenvalue weighted by atomic mass is 10.0. The van der Waals surface area contributed by atoms with Gasteiger partial charge in [-0.15, -0.1) is 11.3 Å². The van der Waals surface area contributed by atoms with E-state index in [2.05, 4.69) is 10.6 Å². The molecule has 0 aliphatic carbocycles. The summed E-state index contributed by atoms with van der Waals surface area (Å²) < 4.78 is 26.7. The molecule has 0 aliphatic heterocycles. The molecule has 0 aliphatic rings. The zero-order valence-corrected chi connectivity index (χ0v) is 14.2. The molecule has 1 heterocycles. The van der Waals surface area contributed by atoms with Gasteiger partial charge in [-0.2, -0.15) is 0 Å². The third-order valence-electron chi connectivity index (χ3n) is 3.69. The molecule has 3 nitrogen and oxygen atoms in total. The van der Waals surface area contributed by atoms with Crippen LogP contribution in [0.15, 0.2) is 60.0 Å². The molecule has 0 saturated carbocycles. The summed E-state index contributed by atoms with van der Waals surface area (Å²) in [6.45, 7) is 1.99. The van der Waals surface area contributed by atoms with Gasteiger partial charge in [0, 0.05) is 10.9 Å². The van der Waals surface area contributed by atoms with E-state index in [9.17, 15) is 13.6 Å². The Morgan fingerprint density at radius 2 is 1.84 bits per heavy atom. The molecule has 0 saturated heterocycles. The van der Waals surface area contributed by atoms with Gasteiger partial charge in [-0.3, -0.25) is 0 Å². The first-order chi connectivity index (χ1) is 12.0. The number of hydrogen-bond donors (Lipinski definition) is 2. The lowest BCUT2D eigenvalue weighted by molar-refractivity contribution is 0.250. The van der Waals surface area contributed by atoms with E-state index in [1.165, 1.54) is 17.4 Å². The SMILES string of the molecule is Cc1ccc([C@@H](NC(=O)Nc2ccc(F)cc2F)c2cccs2)cc1. The number of thiophene rings is 1. The Kier molecular flexibility index (Phi) is 5.09. The largest absolute Gasteiger partial charge is 0.326 e. The number of urea groups is 1. The standard InChI is InChI=1S/C19H16F2N2OS/c1-12-4-6-13(7-5-12)18(17-3-2-10-25-17)23-19(24)22-16-9-8-14(20)11-15(16)21/h2-11,18H,1H3,(H2,22,23,24)/t18-/m1/s1. The monoisotopic (exact) mass is 358 g/mol. The first-order valence-electron chi connectivity index (χ1n) is 7.65. The highest BCUT2D eigenvalue weighted by atomic mass is 32.1. The Bertz CT molecular complexity index is 864. The van der Waals surface area contributed by atoms with Crippen molar-refractivity contribution in [1.29, 1.82) is 0 Å². The van der Waals surface area contributed by atoms with Crippen molar-refractivity contribution in [1.82, 2.24) is 5.32 Å². The van der Waals surface area contributed by atoms with Crippen LogP contribution in [0.5, 0.6) is 0 Å². The summed E-state index contributed by atoms with van der Waals surface area (Å²) in [5, 5.41) is 7.20. The summed E-state index contributed by atoms with van der Waals surface area (Å²) in [7, 11) is 0. The fraction of sp³-hybridized carbons (Fsp3) is 0.105. The van der Waals surface area contributed by atoms with Crippen molar-refractivity contribution in [3.8, 4) is 0 Å². The van der Waals surface area contributed by atoms with Crippen molar-refractivity contribution in [2.45, 2.75) is 13.0 Å². The van der Waals surface area contributed by atoms with Crippen molar-refractivity contribution in [3.05, 3.63) is 87.6 Å². The van der Waals surface area contributed by atoms with E-state index in [1.54, 1.807) is 0 Å². The smallest absolute Gasteiger partial charge is 0.320 e. The molecule has 0 unspecified atom stereocenters. The third-order valence-corrected chi connectivity index (χ3v) is 4.63. The van der Waals surface area contributed by atoms with Crippen LogP contribution >= 0.6 is 11.3 Å². The van der Waals surface area contributed by atoms with Gasteiger partial charge in [0.15, 0.2) is 0 Å². The van der Waals surface area contributed by atoms with Gasteiger partial charge in [-0.1, -0.05) is 35.9 Å². The molecule has 6 heteroatoms. The summed E-state index contributed by atoms with van der Waals surface area (Å²) in [6, 6.07) is 13.7. The predicted molar refractivity (Wildman–Crippen MR) is 95.9 cm³/mol. The first-order valence-corrected chi connectivity index (χ1v) is 8.53. The Morgan fingerprint density at radius 3 is 2.48 bits per heavy atom. The van der Waals surface area contributed by atoms with E-state index in [0.717, 1.165) is 28.1 Å². The maximum absolute atomic E-state index is 13.7. The molecule has 2 aromatic carbocycles. The summed E-state index contributed by atoms with van der Waals surface area (Å²) >= 11 is 1.52. The van der Waals surface area contributed by atoms with Gasteiger partial charge in [-0.25, -0.2) is 13.6 Å². The van der Waals surface area contributed by atoms with Gasteiger partial charge in [0.05, 0.1) is 11.7 Å². The van der Waals surface area contributed by atoms with Crippen molar-refractivity contribution >= 4 is 23.1 Å². The fourth-order valence-corrected chi connectivity index (χ4v) is 3.22. The van der Waals surface area contributed by atoms with Gasteiger partial charge < -0.3 is 10.6 Å². The summed E-state index contributed by atoms with van der Waals surface area (Å²) in [5.41, 5.74) is 1.96. The molecule has 0 radical (unpaired) electrons. The van der Waals surface area contributed by atoms with E-state index in [1.807, 2.05) is 48.7 Å². The molecule has 2 amide bonds. The van der Waals surface area contributed by atoms with Gasteiger partial charge in [0.1, 0.15) is 11.6 Å². The molecular formula is C19H16F2N2OS. The zero-order valence-electron chi connectivity index (χ0n) is 13.4. The van der Waals surface area contributed by atoms with Crippen LogP contribution in [0.25, 0.3) is 0 Å². The van der Waals surface area contributed by atoms with E-state index in [-0.39, 0.29) is 11.7 Å². The normalized spacial score (nSPS) is 11.8. The number of aryl methyl sites for hydroxylation is 1. The first kappa shape index (κ1) is 17.1. The third kappa shape index (κ3) is 4.22. The molecule has 2 N–H and O–H groups in total. The summed E-state index contributed by atoms with van der Waals surface area (Å²) in [4.78, 5) is 13.3. The van der Waals surface area contributed by atoms with E-state index < -0.39 is 17.7 Å². The maximum Gasteiger partial charge on any atom is 0.320 e. The quantitative estimate of drug-likeness (QED) is 0.657. The maximum atomic E-state index is 13.7. The van der Waals surface area contributed by atoms with Gasteiger partial charge in [0.2, 0.25) is 0 Å². The fourth-order valence-electron chi connectivity index (χ4n) is 2.41. The Hall–Kier alpha value is -2.73. The lowest BCUT2D eigenvalue weighted by Gasteiger charge is -2.19. The van der Waals surface area contributed by atoms with E-state index >= 15 is 0 Å². The second-order valence-electron chi connectivity index (χ2n) is 5.58. The average molecular weight is 358 g/mol. The Morgan fingerprint density at radius 1 is 1.08 bits per heavy atom. The van der Waals surface area contributed by atoms with Crippen LogP contribution in [0, 0.1) is 18.6 Å². The molecular weight excluding hydrogens is 342 g/mol. The number of benzene rings is 2. The van der Waals surface area contributed by atoms with Crippen LogP contribution in [0.2, 0.25) is 0 Å². The van der Waals surface area contributed by atoms with Gasteiger partial charge in [-0.05, 0) is 36.1 Å². The molecule has 128 valence electrons. The summed E-state index contributed by atoms with van der Waals surface area (Å²) in [5.74, 6) is -1.52. The molecule has 0 bridgehead atoms. The van der Waals surface area contributed by atoms with Crippen LogP contribution in [0.4, 0.5) is 19.3 Å². The minimum atomic E-state index is -0.821. The highest BCUT2D eigenvalue weighted by molar-refractivity contribution is 7.10. The topological polar surface area (TPSA) is 41.1 Å². The molecule has 1 aromatic heterocycles.